The number of nitrogens with zero attached hydrogens (tertiary/aromatic N) is 1. The number of hydrogen-bond acceptors (Lipinski definition) is 3. The molecule has 0 atom stereocenters. The van der Waals surface area contributed by atoms with Gasteiger partial charge in [0.05, 0.1) is 11.0 Å². The van der Waals surface area contributed by atoms with Gasteiger partial charge in [0.2, 0.25) is 0 Å². The standard InChI is InChI=1S/C11H10FNO3/c12-10-6-9(13(15)16)4-3-8(10)5-11(14)7-1-2-7/h3-4,6-7H,1-2,5H2. The van der Waals surface area contributed by atoms with Gasteiger partial charge in [-0.1, -0.05) is 0 Å². The van der Waals surface area contributed by atoms with Gasteiger partial charge in [0, 0.05) is 18.4 Å². The highest BCUT2D eigenvalue weighted by Gasteiger charge is 2.29. The fourth-order valence-electron chi connectivity index (χ4n) is 1.53. The molecule has 1 aromatic carbocycles. The quantitative estimate of drug-likeness (QED) is 0.581. The summed E-state index contributed by atoms with van der Waals surface area (Å²) in [6, 6.07) is 3.39. The Kier molecular flexibility index (Phi) is 2.68. The smallest absolute Gasteiger partial charge is 0.272 e. The van der Waals surface area contributed by atoms with E-state index in [2.05, 4.69) is 0 Å². The van der Waals surface area contributed by atoms with E-state index >= 15 is 0 Å². The molecule has 0 unspecified atom stereocenters. The van der Waals surface area contributed by atoms with Crippen molar-refractivity contribution >= 4 is 11.5 Å². The van der Waals surface area contributed by atoms with Crippen LogP contribution in [0.4, 0.5) is 10.1 Å². The Morgan fingerprint density at radius 3 is 2.69 bits per heavy atom. The Morgan fingerprint density at radius 1 is 1.50 bits per heavy atom. The lowest BCUT2D eigenvalue weighted by Crippen LogP contribution is -2.06. The van der Waals surface area contributed by atoms with E-state index in [0.29, 0.717) is 0 Å². The van der Waals surface area contributed by atoms with Gasteiger partial charge in [0.25, 0.3) is 5.69 Å². The molecule has 0 amide bonds. The van der Waals surface area contributed by atoms with Gasteiger partial charge in [-0.2, -0.15) is 0 Å². The molecule has 1 aromatic rings. The first kappa shape index (κ1) is 10.7. The summed E-state index contributed by atoms with van der Waals surface area (Å²) in [5.41, 5.74) is -0.0531. The molecule has 1 aliphatic rings. The number of benzene rings is 1. The maximum absolute atomic E-state index is 13.4. The Hall–Kier alpha value is -1.78. The molecule has 1 fully saturated rings. The third-order valence-corrected chi connectivity index (χ3v) is 2.64. The van der Waals surface area contributed by atoms with Crippen LogP contribution < -0.4 is 0 Å². The fraction of sp³-hybridized carbons (Fsp3) is 0.364. The van der Waals surface area contributed by atoms with Crippen LogP contribution in [0.5, 0.6) is 0 Å². The van der Waals surface area contributed by atoms with Gasteiger partial charge < -0.3 is 0 Å². The minimum absolute atomic E-state index is 0.0211. The summed E-state index contributed by atoms with van der Waals surface area (Å²) < 4.78 is 13.4. The molecule has 0 spiro atoms. The molecule has 16 heavy (non-hydrogen) atoms. The average molecular weight is 223 g/mol. The van der Waals surface area contributed by atoms with Crippen molar-refractivity contribution in [3.8, 4) is 0 Å². The number of nitro benzene ring substituents is 1. The molecule has 0 saturated heterocycles. The van der Waals surface area contributed by atoms with Crippen molar-refractivity contribution in [1.29, 1.82) is 0 Å². The molecule has 0 N–H and O–H groups in total. The number of rotatable bonds is 4. The third kappa shape index (κ3) is 2.24. The largest absolute Gasteiger partial charge is 0.299 e. The van der Waals surface area contributed by atoms with Gasteiger partial charge in [-0.15, -0.1) is 0 Å². The number of non-ortho nitro benzene ring substituents is 1. The van der Waals surface area contributed by atoms with E-state index in [-0.39, 0.29) is 29.4 Å². The lowest BCUT2D eigenvalue weighted by Gasteiger charge is -2.01. The van der Waals surface area contributed by atoms with Gasteiger partial charge in [-0.3, -0.25) is 14.9 Å². The van der Waals surface area contributed by atoms with Crippen molar-refractivity contribution in [1.82, 2.24) is 0 Å². The van der Waals surface area contributed by atoms with Gasteiger partial charge >= 0.3 is 0 Å². The lowest BCUT2D eigenvalue weighted by molar-refractivity contribution is -0.385. The molecule has 5 heteroatoms. The van der Waals surface area contributed by atoms with E-state index in [0.717, 1.165) is 18.9 Å². The average Bonchev–Trinajstić information content (AvgIpc) is 3.03. The van der Waals surface area contributed by atoms with E-state index in [1.165, 1.54) is 12.1 Å². The zero-order valence-corrected chi connectivity index (χ0v) is 8.48. The normalized spacial score (nSPS) is 14.8. The predicted octanol–water partition coefficient (Wildman–Crippen LogP) is 2.26. The molecule has 84 valence electrons. The highest BCUT2D eigenvalue weighted by Crippen LogP contribution is 2.31. The van der Waals surface area contributed by atoms with Crippen LogP contribution in [0, 0.1) is 21.8 Å². The molecule has 0 aliphatic heterocycles. The second-order valence-corrected chi connectivity index (χ2v) is 3.95. The Labute approximate surface area is 91.2 Å². The molecule has 0 bridgehead atoms. The number of nitro groups is 1. The number of hydrogen-bond donors (Lipinski definition) is 0. The summed E-state index contributed by atoms with van der Waals surface area (Å²) >= 11 is 0. The second kappa shape index (κ2) is 4.00. The molecular weight excluding hydrogens is 213 g/mol. The predicted molar refractivity (Wildman–Crippen MR) is 54.5 cm³/mol. The summed E-state index contributed by atoms with van der Waals surface area (Å²) in [5.74, 6) is -0.578. The fourth-order valence-corrected chi connectivity index (χ4v) is 1.53. The van der Waals surface area contributed by atoms with E-state index in [1.54, 1.807) is 0 Å². The van der Waals surface area contributed by atoms with Crippen molar-refractivity contribution in [2.24, 2.45) is 5.92 Å². The van der Waals surface area contributed by atoms with Gasteiger partial charge in [-0.05, 0) is 24.5 Å². The Morgan fingerprint density at radius 2 is 2.19 bits per heavy atom. The number of carbonyl (C=O) groups excluding carboxylic acids is 1. The minimum Gasteiger partial charge on any atom is -0.299 e. The molecule has 4 nitrogen and oxygen atoms in total. The summed E-state index contributed by atoms with van der Waals surface area (Å²) in [6.07, 6.45) is 1.80. The highest BCUT2D eigenvalue weighted by molar-refractivity contribution is 5.85. The van der Waals surface area contributed by atoms with Crippen LogP contribution in [0.15, 0.2) is 18.2 Å². The number of carbonyl (C=O) groups is 1. The van der Waals surface area contributed by atoms with Crippen LogP contribution >= 0.6 is 0 Å². The topological polar surface area (TPSA) is 60.2 Å². The van der Waals surface area contributed by atoms with Crippen molar-refractivity contribution in [2.75, 3.05) is 0 Å². The monoisotopic (exact) mass is 223 g/mol. The summed E-state index contributed by atoms with van der Waals surface area (Å²) in [7, 11) is 0. The number of Topliss-reactive ketones (excluding diaryl/α,β-unsaturated/α-hetero) is 1. The van der Waals surface area contributed by atoms with Crippen LogP contribution in [0.3, 0.4) is 0 Å². The third-order valence-electron chi connectivity index (χ3n) is 2.64. The summed E-state index contributed by atoms with van der Waals surface area (Å²) in [4.78, 5) is 21.2. The number of halogens is 1. The summed E-state index contributed by atoms with van der Waals surface area (Å²) in [5, 5.41) is 10.4. The molecule has 0 aromatic heterocycles. The van der Waals surface area contributed by atoms with Crippen molar-refractivity contribution in [3.05, 3.63) is 39.7 Å². The van der Waals surface area contributed by atoms with Crippen LogP contribution in [0.25, 0.3) is 0 Å². The van der Waals surface area contributed by atoms with Crippen LogP contribution in [-0.2, 0) is 11.2 Å². The van der Waals surface area contributed by atoms with Gasteiger partial charge in [0.1, 0.15) is 11.6 Å². The zero-order valence-electron chi connectivity index (χ0n) is 8.48. The zero-order chi connectivity index (χ0) is 11.7. The molecule has 0 heterocycles. The van der Waals surface area contributed by atoms with Gasteiger partial charge in [0.15, 0.2) is 0 Å². The van der Waals surface area contributed by atoms with Crippen molar-refractivity contribution in [3.63, 3.8) is 0 Å². The van der Waals surface area contributed by atoms with Crippen LogP contribution in [0.1, 0.15) is 18.4 Å². The van der Waals surface area contributed by atoms with E-state index in [1.807, 2.05) is 0 Å². The molecule has 1 saturated carbocycles. The molecule has 1 aliphatic carbocycles. The van der Waals surface area contributed by atoms with Crippen molar-refractivity contribution in [2.45, 2.75) is 19.3 Å². The Bertz CT molecular complexity index is 455. The summed E-state index contributed by atoms with van der Waals surface area (Å²) in [6.45, 7) is 0. The Balaban J connectivity index is 2.15. The minimum atomic E-state index is -0.678. The second-order valence-electron chi connectivity index (χ2n) is 3.95. The SMILES string of the molecule is O=C(Cc1ccc([N+](=O)[O-])cc1F)C1CC1. The number of ketones is 1. The highest BCUT2D eigenvalue weighted by atomic mass is 19.1. The van der Waals surface area contributed by atoms with Gasteiger partial charge in [-0.25, -0.2) is 4.39 Å². The first-order chi connectivity index (χ1) is 7.58. The lowest BCUT2D eigenvalue weighted by atomic mass is 10.1. The first-order valence-corrected chi connectivity index (χ1v) is 5.03. The maximum Gasteiger partial charge on any atom is 0.272 e. The van der Waals surface area contributed by atoms with Crippen LogP contribution in [0.2, 0.25) is 0 Å². The maximum atomic E-state index is 13.4. The van der Waals surface area contributed by atoms with E-state index in [4.69, 9.17) is 0 Å². The van der Waals surface area contributed by atoms with Crippen molar-refractivity contribution < 1.29 is 14.1 Å². The molecule has 2 rings (SSSR count). The van der Waals surface area contributed by atoms with E-state index < -0.39 is 10.7 Å². The first-order valence-electron chi connectivity index (χ1n) is 5.03. The van der Waals surface area contributed by atoms with Crippen LogP contribution in [-0.4, -0.2) is 10.7 Å². The van der Waals surface area contributed by atoms with E-state index in [9.17, 15) is 19.3 Å². The molecule has 0 radical (unpaired) electrons. The molecular formula is C11H10FNO3.